The van der Waals surface area contributed by atoms with E-state index in [1.165, 1.54) is 25.3 Å². The first kappa shape index (κ1) is 19.5. The maximum Gasteiger partial charge on any atom is 0.254 e. The number of phenols is 2. The van der Waals surface area contributed by atoms with E-state index >= 15 is 0 Å². The van der Waals surface area contributed by atoms with Crippen LogP contribution in [0, 0.1) is 5.92 Å². The summed E-state index contributed by atoms with van der Waals surface area (Å²) in [6.45, 7) is 1.51. The minimum Gasteiger partial charge on any atom is -0.507 e. The average molecular weight is 385 g/mol. The van der Waals surface area contributed by atoms with E-state index in [0.717, 1.165) is 12.8 Å². The summed E-state index contributed by atoms with van der Waals surface area (Å²) >= 11 is 0. The number of rotatable bonds is 6. The van der Waals surface area contributed by atoms with Gasteiger partial charge in [-0.25, -0.2) is 0 Å². The first-order valence-corrected chi connectivity index (χ1v) is 9.09. The molecule has 1 heterocycles. The van der Waals surface area contributed by atoms with Crippen molar-refractivity contribution in [3.63, 3.8) is 0 Å². The van der Waals surface area contributed by atoms with Crippen molar-refractivity contribution in [3.8, 4) is 23.0 Å². The molecule has 1 atom stereocenters. The van der Waals surface area contributed by atoms with Gasteiger partial charge in [0.1, 0.15) is 11.5 Å². The molecule has 148 valence electrons. The second kappa shape index (κ2) is 8.65. The number of carbonyl (C=O) groups excluding carboxylic acids is 2. The minimum atomic E-state index is -0.131. The predicted molar refractivity (Wildman–Crippen MR) is 102 cm³/mol. The summed E-state index contributed by atoms with van der Waals surface area (Å²) < 4.78 is 10.8. The number of amides is 1. The van der Waals surface area contributed by atoms with E-state index in [-0.39, 0.29) is 34.6 Å². The zero-order valence-corrected chi connectivity index (χ0v) is 15.6. The molecule has 2 aromatic rings. The van der Waals surface area contributed by atoms with Gasteiger partial charge in [0, 0.05) is 24.6 Å². The van der Waals surface area contributed by atoms with Crippen molar-refractivity contribution in [3.05, 3.63) is 47.5 Å². The van der Waals surface area contributed by atoms with Crippen molar-refractivity contribution in [2.75, 3.05) is 26.8 Å². The van der Waals surface area contributed by atoms with E-state index in [0.29, 0.717) is 37.3 Å². The Morgan fingerprint density at radius 1 is 1.21 bits per heavy atom. The standard InChI is InChI=1S/C21H23NO6/c1-27-20-10-15(7-8-18(20)25)21(26)22-9-3-4-14(11-22)13-28-19-6-2-5-17(24)16(19)12-23/h2,5-8,10,12,14,24-25H,3-4,9,11,13H2,1H3/t14-/m1/s1. The molecule has 1 aliphatic heterocycles. The monoisotopic (exact) mass is 385 g/mol. The number of carbonyl (C=O) groups is 2. The van der Waals surface area contributed by atoms with E-state index in [4.69, 9.17) is 9.47 Å². The molecule has 28 heavy (non-hydrogen) atoms. The van der Waals surface area contributed by atoms with Gasteiger partial charge in [-0.05, 0) is 43.2 Å². The van der Waals surface area contributed by atoms with Gasteiger partial charge in [-0.15, -0.1) is 0 Å². The third kappa shape index (κ3) is 4.19. The highest BCUT2D eigenvalue weighted by atomic mass is 16.5. The lowest BCUT2D eigenvalue weighted by Gasteiger charge is -2.33. The molecule has 2 N–H and O–H groups in total. The number of aldehydes is 1. The number of nitrogens with zero attached hydrogens (tertiary/aromatic N) is 1. The van der Waals surface area contributed by atoms with E-state index < -0.39 is 0 Å². The number of piperidine rings is 1. The molecule has 7 heteroatoms. The smallest absolute Gasteiger partial charge is 0.254 e. The van der Waals surface area contributed by atoms with Crippen LogP contribution in [-0.4, -0.2) is 54.1 Å². The maximum absolute atomic E-state index is 12.8. The fourth-order valence-corrected chi connectivity index (χ4v) is 3.36. The molecule has 0 aromatic heterocycles. The molecule has 0 spiro atoms. The molecular weight excluding hydrogens is 362 g/mol. The summed E-state index contributed by atoms with van der Waals surface area (Å²) in [7, 11) is 1.44. The van der Waals surface area contributed by atoms with Gasteiger partial charge < -0.3 is 24.6 Å². The minimum absolute atomic E-state index is 0.0129. The van der Waals surface area contributed by atoms with Crippen LogP contribution in [0.5, 0.6) is 23.0 Å². The Balaban J connectivity index is 1.65. The van der Waals surface area contributed by atoms with E-state index in [2.05, 4.69) is 0 Å². The number of ether oxygens (including phenoxy) is 2. The van der Waals surface area contributed by atoms with Gasteiger partial charge in [-0.2, -0.15) is 0 Å². The number of hydrogen-bond acceptors (Lipinski definition) is 6. The van der Waals surface area contributed by atoms with Crippen LogP contribution in [0.15, 0.2) is 36.4 Å². The summed E-state index contributed by atoms with van der Waals surface area (Å²) in [5.74, 6) is 0.442. The number of aromatic hydroxyl groups is 2. The molecular formula is C21H23NO6. The van der Waals surface area contributed by atoms with Crippen LogP contribution in [0.2, 0.25) is 0 Å². The quantitative estimate of drug-likeness (QED) is 0.743. The molecule has 1 saturated heterocycles. The highest BCUT2D eigenvalue weighted by Crippen LogP contribution is 2.29. The second-order valence-electron chi connectivity index (χ2n) is 6.76. The number of benzene rings is 2. The molecule has 1 fully saturated rings. The van der Waals surface area contributed by atoms with Gasteiger partial charge in [0.25, 0.3) is 5.91 Å². The predicted octanol–water partition coefficient (Wildman–Crippen LogP) is 2.85. The third-order valence-electron chi connectivity index (χ3n) is 4.87. The van der Waals surface area contributed by atoms with E-state index in [1.54, 1.807) is 23.1 Å². The van der Waals surface area contributed by atoms with Crippen molar-refractivity contribution < 1.29 is 29.3 Å². The molecule has 0 saturated carbocycles. The average Bonchev–Trinajstić information content (AvgIpc) is 2.72. The highest BCUT2D eigenvalue weighted by molar-refractivity contribution is 5.95. The Bertz CT molecular complexity index is 866. The van der Waals surface area contributed by atoms with Crippen LogP contribution in [0.25, 0.3) is 0 Å². The SMILES string of the molecule is COc1cc(C(=O)N2CCC[C@@H](COc3cccc(O)c3C=O)C2)ccc1O. The molecule has 2 aromatic carbocycles. The van der Waals surface area contributed by atoms with Crippen LogP contribution >= 0.6 is 0 Å². The molecule has 0 bridgehead atoms. The Kier molecular flexibility index (Phi) is 6.03. The fraction of sp³-hybridized carbons (Fsp3) is 0.333. The number of phenolic OH excluding ortho intramolecular Hbond substituents is 2. The molecule has 3 rings (SSSR count). The van der Waals surface area contributed by atoms with Crippen molar-refractivity contribution in [1.29, 1.82) is 0 Å². The third-order valence-corrected chi connectivity index (χ3v) is 4.87. The van der Waals surface area contributed by atoms with Gasteiger partial charge >= 0.3 is 0 Å². The Morgan fingerprint density at radius 3 is 2.79 bits per heavy atom. The van der Waals surface area contributed by atoms with Crippen molar-refractivity contribution in [1.82, 2.24) is 4.90 Å². The molecule has 0 aliphatic carbocycles. The topological polar surface area (TPSA) is 96.3 Å². The van der Waals surface area contributed by atoms with Crippen LogP contribution < -0.4 is 9.47 Å². The highest BCUT2D eigenvalue weighted by Gasteiger charge is 2.26. The lowest BCUT2D eigenvalue weighted by Crippen LogP contribution is -2.41. The van der Waals surface area contributed by atoms with Gasteiger partial charge in [0.2, 0.25) is 0 Å². The van der Waals surface area contributed by atoms with Crippen LogP contribution in [0.4, 0.5) is 0 Å². The van der Waals surface area contributed by atoms with Crippen molar-refractivity contribution >= 4 is 12.2 Å². The molecule has 1 aliphatic rings. The first-order chi connectivity index (χ1) is 13.5. The lowest BCUT2D eigenvalue weighted by atomic mass is 9.98. The van der Waals surface area contributed by atoms with Crippen LogP contribution in [0.1, 0.15) is 33.6 Å². The number of hydrogen-bond donors (Lipinski definition) is 2. The molecule has 7 nitrogen and oxygen atoms in total. The van der Waals surface area contributed by atoms with Crippen LogP contribution in [-0.2, 0) is 0 Å². The van der Waals surface area contributed by atoms with Crippen LogP contribution in [0.3, 0.4) is 0 Å². The first-order valence-electron chi connectivity index (χ1n) is 9.09. The van der Waals surface area contributed by atoms with Gasteiger partial charge in [-0.3, -0.25) is 9.59 Å². The van der Waals surface area contributed by atoms with E-state index in [9.17, 15) is 19.8 Å². The summed E-state index contributed by atoms with van der Waals surface area (Å²) in [6, 6.07) is 9.23. The lowest BCUT2D eigenvalue weighted by molar-refractivity contribution is 0.0632. The van der Waals surface area contributed by atoms with Gasteiger partial charge in [-0.1, -0.05) is 6.07 Å². The largest absolute Gasteiger partial charge is 0.507 e. The van der Waals surface area contributed by atoms with Gasteiger partial charge in [0.15, 0.2) is 17.8 Å². The van der Waals surface area contributed by atoms with E-state index in [1.807, 2.05) is 0 Å². The maximum atomic E-state index is 12.8. The Labute approximate surface area is 163 Å². The normalized spacial score (nSPS) is 16.5. The summed E-state index contributed by atoms with van der Waals surface area (Å²) in [4.78, 5) is 25.7. The molecule has 0 radical (unpaired) electrons. The molecule has 0 unspecified atom stereocenters. The second-order valence-corrected chi connectivity index (χ2v) is 6.76. The van der Waals surface area contributed by atoms with Crippen molar-refractivity contribution in [2.45, 2.75) is 12.8 Å². The van der Waals surface area contributed by atoms with Crippen molar-refractivity contribution in [2.24, 2.45) is 5.92 Å². The van der Waals surface area contributed by atoms with Gasteiger partial charge in [0.05, 0.1) is 19.3 Å². The fourth-order valence-electron chi connectivity index (χ4n) is 3.36. The summed E-state index contributed by atoms with van der Waals surface area (Å²) in [5, 5.41) is 19.4. The Morgan fingerprint density at radius 2 is 2.04 bits per heavy atom. The summed E-state index contributed by atoms with van der Waals surface area (Å²) in [6.07, 6.45) is 2.31. The zero-order valence-electron chi connectivity index (χ0n) is 15.6. The Hall–Kier alpha value is -3.22. The zero-order chi connectivity index (χ0) is 20.1. The summed E-state index contributed by atoms with van der Waals surface area (Å²) in [5.41, 5.74) is 0.579. The molecule has 1 amide bonds. The number of methoxy groups -OCH3 is 1. The number of likely N-dealkylation sites (tertiary alicyclic amines) is 1.